The van der Waals surface area contributed by atoms with Crippen LogP contribution in [0.1, 0.15) is 25.8 Å². The average molecular weight is 441 g/mol. The smallest absolute Gasteiger partial charge is 0.232 e. The van der Waals surface area contributed by atoms with Crippen molar-refractivity contribution >= 4 is 38.6 Å². The SMILES string of the molecule is CCCS(=O)(=O)Nc1ccc(C)c(Nc2ccccc2-c2ncnc(NCC)c2N)c1. The third kappa shape index (κ3) is 5.43. The zero-order valence-electron chi connectivity index (χ0n) is 17.9. The number of hydrogen-bond acceptors (Lipinski definition) is 7. The van der Waals surface area contributed by atoms with Gasteiger partial charge in [0.1, 0.15) is 17.7 Å². The largest absolute Gasteiger partial charge is 0.394 e. The summed E-state index contributed by atoms with van der Waals surface area (Å²) >= 11 is 0. The summed E-state index contributed by atoms with van der Waals surface area (Å²) < 4.78 is 26.9. The number of aromatic nitrogens is 2. The Labute approximate surface area is 183 Å². The molecule has 0 saturated carbocycles. The van der Waals surface area contributed by atoms with Crippen molar-refractivity contribution in [3.63, 3.8) is 0 Å². The van der Waals surface area contributed by atoms with Crippen molar-refractivity contribution in [2.45, 2.75) is 27.2 Å². The Kier molecular flexibility index (Phi) is 6.96. The van der Waals surface area contributed by atoms with Gasteiger partial charge < -0.3 is 16.4 Å². The normalized spacial score (nSPS) is 11.2. The zero-order valence-corrected chi connectivity index (χ0v) is 18.8. The highest BCUT2D eigenvalue weighted by Gasteiger charge is 2.15. The van der Waals surface area contributed by atoms with Crippen LogP contribution in [-0.2, 0) is 10.0 Å². The van der Waals surface area contributed by atoms with Crippen LogP contribution < -0.4 is 21.1 Å². The van der Waals surface area contributed by atoms with Gasteiger partial charge in [-0.05, 0) is 44.0 Å². The fourth-order valence-electron chi connectivity index (χ4n) is 3.18. The molecule has 1 aromatic heterocycles. The highest BCUT2D eigenvalue weighted by atomic mass is 32.2. The molecule has 0 unspecified atom stereocenters. The molecule has 0 fully saturated rings. The van der Waals surface area contributed by atoms with Crippen LogP contribution in [0.15, 0.2) is 48.8 Å². The standard InChI is InChI=1S/C22H28N6O2S/c1-4-12-31(29,30)28-16-11-10-15(3)19(13-16)27-18-9-7-6-8-17(18)21-20(23)22(24-5-2)26-14-25-21/h6-11,13-14,27-28H,4-5,12,23H2,1-3H3,(H,24,25,26). The van der Waals surface area contributed by atoms with Crippen LogP contribution >= 0.6 is 0 Å². The summed E-state index contributed by atoms with van der Waals surface area (Å²) in [5.41, 5.74) is 11.3. The van der Waals surface area contributed by atoms with Gasteiger partial charge in [-0.3, -0.25) is 4.72 Å². The molecule has 0 bridgehead atoms. The average Bonchev–Trinajstić information content (AvgIpc) is 2.72. The van der Waals surface area contributed by atoms with Crippen LogP contribution in [0, 0.1) is 6.92 Å². The van der Waals surface area contributed by atoms with E-state index in [0.29, 0.717) is 35.9 Å². The van der Waals surface area contributed by atoms with Gasteiger partial charge in [0.15, 0.2) is 5.82 Å². The van der Waals surface area contributed by atoms with Crippen molar-refractivity contribution in [1.29, 1.82) is 0 Å². The number of para-hydroxylation sites is 1. The summed E-state index contributed by atoms with van der Waals surface area (Å²) in [6.07, 6.45) is 2.03. The van der Waals surface area contributed by atoms with Crippen molar-refractivity contribution in [1.82, 2.24) is 9.97 Å². The molecule has 2 aromatic carbocycles. The Morgan fingerprint density at radius 1 is 1.03 bits per heavy atom. The molecule has 0 atom stereocenters. The second kappa shape index (κ2) is 9.65. The number of sulfonamides is 1. The van der Waals surface area contributed by atoms with Gasteiger partial charge in [0.25, 0.3) is 0 Å². The molecule has 9 heteroatoms. The van der Waals surface area contributed by atoms with E-state index in [4.69, 9.17) is 5.73 Å². The van der Waals surface area contributed by atoms with Crippen molar-refractivity contribution in [3.8, 4) is 11.3 Å². The van der Waals surface area contributed by atoms with Gasteiger partial charge >= 0.3 is 0 Å². The van der Waals surface area contributed by atoms with Gasteiger partial charge in [-0.25, -0.2) is 18.4 Å². The minimum Gasteiger partial charge on any atom is -0.394 e. The van der Waals surface area contributed by atoms with Crippen LogP contribution in [0.25, 0.3) is 11.3 Å². The van der Waals surface area contributed by atoms with Crippen LogP contribution in [-0.4, -0.2) is 30.7 Å². The molecule has 0 aliphatic heterocycles. The first kappa shape index (κ1) is 22.4. The van der Waals surface area contributed by atoms with Crippen molar-refractivity contribution in [3.05, 3.63) is 54.4 Å². The van der Waals surface area contributed by atoms with Gasteiger partial charge in [-0.2, -0.15) is 0 Å². The predicted molar refractivity (Wildman–Crippen MR) is 128 cm³/mol. The number of rotatable bonds is 9. The lowest BCUT2D eigenvalue weighted by Crippen LogP contribution is -2.16. The first-order chi connectivity index (χ1) is 14.8. The van der Waals surface area contributed by atoms with Crippen LogP contribution in [0.5, 0.6) is 0 Å². The molecule has 3 aromatic rings. The number of nitrogens with two attached hydrogens (primary N) is 1. The number of benzene rings is 2. The highest BCUT2D eigenvalue weighted by Crippen LogP contribution is 2.35. The van der Waals surface area contributed by atoms with E-state index < -0.39 is 10.0 Å². The number of aryl methyl sites for hydroxylation is 1. The molecule has 0 saturated heterocycles. The summed E-state index contributed by atoms with van der Waals surface area (Å²) in [5.74, 6) is 0.666. The monoisotopic (exact) mass is 440 g/mol. The fourth-order valence-corrected chi connectivity index (χ4v) is 4.31. The van der Waals surface area contributed by atoms with Gasteiger partial charge in [-0.1, -0.05) is 31.2 Å². The highest BCUT2D eigenvalue weighted by molar-refractivity contribution is 7.92. The molecule has 8 nitrogen and oxygen atoms in total. The van der Waals surface area contributed by atoms with E-state index in [2.05, 4.69) is 25.3 Å². The number of hydrogen-bond donors (Lipinski definition) is 4. The van der Waals surface area contributed by atoms with E-state index >= 15 is 0 Å². The summed E-state index contributed by atoms with van der Waals surface area (Å²) in [5, 5.41) is 6.55. The Hall–Kier alpha value is -3.33. The molecule has 3 rings (SSSR count). The van der Waals surface area contributed by atoms with Gasteiger partial charge in [-0.15, -0.1) is 0 Å². The maximum atomic E-state index is 12.2. The third-order valence-electron chi connectivity index (χ3n) is 4.66. The van der Waals surface area contributed by atoms with Gasteiger partial charge in [0.05, 0.1) is 11.4 Å². The molecule has 5 N–H and O–H groups in total. The zero-order chi connectivity index (χ0) is 22.4. The van der Waals surface area contributed by atoms with Crippen molar-refractivity contribution in [2.24, 2.45) is 0 Å². The van der Waals surface area contributed by atoms with E-state index in [1.54, 1.807) is 12.1 Å². The third-order valence-corrected chi connectivity index (χ3v) is 6.16. The molecule has 0 aliphatic rings. The maximum absolute atomic E-state index is 12.2. The first-order valence-corrected chi connectivity index (χ1v) is 11.8. The Bertz CT molecular complexity index is 1160. The summed E-state index contributed by atoms with van der Waals surface area (Å²) in [6.45, 7) is 6.46. The van der Waals surface area contributed by atoms with Crippen LogP contribution in [0.2, 0.25) is 0 Å². The fraction of sp³-hybridized carbons (Fsp3) is 0.273. The van der Waals surface area contributed by atoms with E-state index in [1.807, 2.05) is 51.1 Å². The second-order valence-corrected chi connectivity index (χ2v) is 8.98. The van der Waals surface area contributed by atoms with Crippen LogP contribution in [0.3, 0.4) is 0 Å². The lowest BCUT2D eigenvalue weighted by molar-refractivity contribution is 0.600. The number of nitrogens with zero attached hydrogens (tertiary/aromatic N) is 2. The molecule has 0 spiro atoms. The van der Waals surface area contributed by atoms with E-state index in [9.17, 15) is 8.42 Å². The maximum Gasteiger partial charge on any atom is 0.232 e. The molecule has 0 aliphatic carbocycles. The van der Waals surface area contributed by atoms with Crippen molar-refractivity contribution in [2.75, 3.05) is 33.4 Å². The Balaban J connectivity index is 1.97. The molecule has 1 heterocycles. The number of nitrogen functional groups attached to an aromatic ring is 1. The Morgan fingerprint density at radius 2 is 1.81 bits per heavy atom. The second-order valence-electron chi connectivity index (χ2n) is 7.14. The minimum absolute atomic E-state index is 0.0770. The van der Waals surface area contributed by atoms with Gasteiger partial charge in [0, 0.05) is 23.5 Å². The molecular formula is C22H28N6O2S. The molecular weight excluding hydrogens is 412 g/mol. The van der Waals surface area contributed by atoms with E-state index in [0.717, 1.165) is 22.5 Å². The molecule has 0 amide bonds. The minimum atomic E-state index is -3.37. The lowest BCUT2D eigenvalue weighted by atomic mass is 10.1. The van der Waals surface area contributed by atoms with E-state index in [1.165, 1.54) is 6.33 Å². The number of anilines is 5. The first-order valence-electron chi connectivity index (χ1n) is 10.2. The summed E-state index contributed by atoms with van der Waals surface area (Å²) in [4.78, 5) is 8.60. The van der Waals surface area contributed by atoms with Crippen molar-refractivity contribution < 1.29 is 8.42 Å². The topological polar surface area (TPSA) is 122 Å². The molecule has 0 radical (unpaired) electrons. The lowest BCUT2D eigenvalue weighted by Gasteiger charge is -2.17. The summed E-state index contributed by atoms with van der Waals surface area (Å²) in [6, 6.07) is 13.1. The van der Waals surface area contributed by atoms with Gasteiger partial charge in [0.2, 0.25) is 10.0 Å². The quantitative estimate of drug-likeness (QED) is 0.390. The summed E-state index contributed by atoms with van der Waals surface area (Å²) in [7, 11) is -3.37. The molecule has 164 valence electrons. The van der Waals surface area contributed by atoms with Crippen LogP contribution in [0.4, 0.5) is 28.6 Å². The Morgan fingerprint density at radius 3 is 2.55 bits per heavy atom. The molecule has 31 heavy (non-hydrogen) atoms. The predicted octanol–water partition coefficient (Wildman–Crippen LogP) is 4.36. The van der Waals surface area contributed by atoms with E-state index in [-0.39, 0.29) is 5.75 Å². The number of nitrogens with one attached hydrogen (secondary N) is 3.